The molecule has 2 aromatic heterocycles. The number of amides is 2. The third-order valence-corrected chi connectivity index (χ3v) is 11.1. The first-order valence-corrected chi connectivity index (χ1v) is 16.7. The highest BCUT2D eigenvalue weighted by atomic mass is 35.5. The fourth-order valence-corrected chi connectivity index (χ4v) is 8.96. The predicted molar refractivity (Wildman–Crippen MR) is 167 cm³/mol. The van der Waals surface area contributed by atoms with Crippen molar-refractivity contribution < 1.29 is 41.7 Å². The summed E-state index contributed by atoms with van der Waals surface area (Å²) < 4.78 is 62.1. The van der Waals surface area contributed by atoms with Crippen LogP contribution in [0.5, 0.6) is 0 Å². The Morgan fingerprint density at radius 3 is 2.24 bits per heavy atom. The smallest absolute Gasteiger partial charge is 0.465 e. The van der Waals surface area contributed by atoms with Gasteiger partial charge in [-0.25, -0.2) is 13.9 Å². The SMILES string of the molecule is CC(C)(C)N(C(=O)O)C12CC(c3c[nH]nn3)(C1)C2.O=C(COC1(OC(F)(F)F)CCC1)NC12CC(c3cn(-c4ccc(Cl)c(F)c4)nn3)(C1)C2. The van der Waals surface area contributed by atoms with Crippen LogP contribution in [0, 0.1) is 5.82 Å². The quantitative estimate of drug-likeness (QED) is 0.190. The van der Waals surface area contributed by atoms with Crippen LogP contribution in [-0.4, -0.2) is 87.8 Å². The maximum absolute atomic E-state index is 13.7. The molecule has 1 aromatic carbocycles. The monoisotopic (exact) mass is 724 g/mol. The molecule has 2 heterocycles. The molecule has 3 aromatic rings. The minimum atomic E-state index is -4.81. The van der Waals surface area contributed by atoms with Crippen LogP contribution in [0.4, 0.5) is 22.4 Å². The zero-order valence-electron chi connectivity index (χ0n) is 27.6. The lowest BCUT2D eigenvalue weighted by Gasteiger charge is -2.74. The van der Waals surface area contributed by atoms with E-state index in [4.69, 9.17) is 16.3 Å². The normalized spacial score (nSPS) is 29.8. The fourth-order valence-electron chi connectivity index (χ4n) is 8.84. The summed E-state index contributed by atoms with van der Waals surface area (Å²) in [5, 5.41) is 31.1. The highest BCUT2D eigenvalue weighted by Crippen LogP contribution is 2.71. The van der Waals surface area contributed by atoms with Crippen LogP contribution in [0.2, 0.25) is 5.02 Å². The van der Waals surface area contributed by atoms with Crippen LogP contribution >= 0.6 is 11.6 Å². The van der Waals surface area contributed by atoms with Gasteiger partial charge in [0.05, 0.1) is 28.3 Å². The topological polar surface area (TPSA) is 160 Å². The van der Waals surface area contributed by atoms with E-state index >= 15 is 0 Å². The summed E-state index contributed by atoms with van der Waals surface area (Å²) >= 11 is 5.71. The molecule has 4 bridgehead atoms. The Morgan fingerprint density at radius 2 is 1.72 bits per heavy atom. The molecule has 2 amide bonds. The summed E-state index contributed by atoms with van der Waals surface area (Å²) in [7, 11) is 0. The minimum absolute atomic E-state index is 0.0170. The second-order valence-corrected chi connectivity index (χ2v) is 16.0. The number of aromatic amines is 1. The van der Waals surface area contributed by atoms with Gasteiger partial charge in [-0.3, -0.25) is 19.5 Å². The van der Waals surface area contributed by atoms with Crippen LogP contribution in [0.1, 0.15) is 89.9 Å². The molecule has 0 spiro atoms. The van der Waals surface area contributed by atoms with Gasteiger partial charge in [-0.2, -0.15) is 0 Å². The molecule has 0 atom stereocenters. The number of nitrogens with zero attached hydrogens (tertiary/aromatic N) is 6. The van der Waals surface area contributed by atoms with E-state index in [2.05, 4.69) is 35.8 Å². The van der Waals surface area contributed by atoms with Crippen molar-refractivity contribution in [3.8, 4) is 5.69 Å². The van der Waals surface area contributed by atoms with Crippen molar-refractivity contribution in [2.24, 2.45) is 0 Å². The average molecular weight is 725 g/mol. The molecule has 0 radical (unpaired) electrons. The minimum Gasteiger partial charge on any atom is -0.465 e. The fraction of sp³-hybridized carbons (Fsp3) is 0.625. The number of ether oxygens (including phenoxy) is 2. The van der Waals surface area contributed by atoms with E-state index in [1.165, 1.54) is 16.8 Å². The lowest BCUT2D eigenvalue weighted by atomic mass is 9.37. The molecule has 13 nitrogen and oxygen atoms in total. The van der Waals surface area contributed by atoms with E-state index < -0.39 is 42.1 Å². The van der Waals surface area contributed by atoms with Crippen LogP contribution in [0.3, 0.4) is 0 Å². The summed E-state index contributed by atoms with van der Waals surface area (Å²) in [6.45, 7) is 5.35. The van der Waals surface area contributed by atoms with Crippen molar-refractivity contribution in [1.82, 2.24) is 40.6 Å². The Kier molecular flexibility index (Phi) is 7.85. The molecule has 0 unspecified atom stereocenters. The van der Waals surface area contributed by atoms with Gasteiger partial charge in [-0.05, 0) is 77.8 Å². The van der Waals surface area contributed by atoms with Gasteiger partial charge in [0.2, 0.25) is 5.91 Å². The summed E-state index contributed by atoms with van der Waals surface area (Å²) in [5.74, 6) is -2.79. The number of carbonyl (C=O) groups excluding carboxylic acids is 1. The standard InChI is InChI=1S/C20H19ClF4N4O3.C12H18N4O2/c21-13-3-2-12(6-14(13)22)29-7-15(27-28-29)17-9-18(10-17,11-17)26-16(30)8-31-19(4-1-5-19)32-20(23,24)25;1-10(2,3)16(9(17)18)12-5-11(6-12,7-12)8-4-13-15-14-8/h2-3,6-7H,1,4-5,8-11H2,(H,26,30);4H,5-7H2,1-3H3,(H,17,18)(H,13,14,15). The van der Waals surface area contributed by atoms with E-state index in [9.17, 15) is 32.3 Å². The first-order chi connectivity index (χ1) is 23.3. The highest BCUT2D eigenvalue weighted by molar-refractivity contribution is 6.30. The van der Waals surface area contributed by atoms with E-state index in [1.807, 2.05) is 27.0 Å². The van der Waals surface area contributed by atoms with E-state index in [1.54, 1.807) is 17.2 Å². The van der Waals surface area contributed by atoms with Crippen LogP contribution in [-0.2, 0) is 25.1 Å². The first kappa shape index (κ1) is 34.6. The van der Waals surface area contributed by atoms with Crippen LogP contribution in [0.25, 0.3) is 5.69 Å². The van der Waals surface area contributed by atoms with Crippen molar-refractivity contribution in [3.05, 3.63) is 52.8 Å². The molecule has 50 heavy (non-hydrogen) atoms. The number of hydrogen-bond acceptors (Lipinski definition) is 8. The maximum Gasteiger partial charge on any atom is 0.524 e. The van der Waals surface area contributed by atoms with Crippen molar-refractivity contribution >= 4 is 23.6 Å². The third kappa shape index (κ3) is 5.89. The van der Waals surface area contributed by atoms with Gasteiger partial charge < -0.3 is 15.2 Å². The molecule has 10 rings (SSSR count). The molecule has 3 N–H and O–H groups in total. The number of alkyl halides is 3. The number of hydrogen-bond donors (Lipinski definition) is 3. The molecular formula is C32H37ClF4N8O5. The molecule has 7 aliphatic carbocycles. The lowest BCUT2D eigenvalue weighted by Crippen LogP contribution is -2.80. The third-order valence-electron chi connectivity index (χ3n) is 10.8. The highest BCUT2D eigenvalue weighted by Gasteiger charge is 2.74. The summed E-state index contributed by atoms with van der Waals surface area (Å²) in [4.78, 5) is 25.4. The van der Waals surface area contributed by atoms with Gasteiger partial charge in [-0.15, -0.1) is 23.4 Å². The maximum atomic E-state index is 13.7. The molecular weight excluding hydrogens is 688 g/mol. The number of nitrogens with one attached hydrogen (secondary N) is 2. The zero-order valence-corrected chi connectivity index (χ0v) is 28.4. The van der Waals surface area contributed by atoms with E-state index in [-0.39, 0.29) is 39.8 Å². The number of benzene rings is 1. The number of carboxylic acid groups (broad SMARTS) is 1. The van der Waals surface area contributed by atoms with Crippen molar-refractivity contribution in [2.45, 2.75) is 118 Å². The van der Waals surface area contributed by atoms with Gasteiger partial charge in [-0.1, -0.05) is 22.0 Å². The van der Waals surface area contributed by atoms with Gasteiger partial charge in [0, 0.05) is 52.6 Å². The van der Waals surface area contributed by atoms with Gasteiger partial charge in [0.25, 0.3) is 0 Å². The Labute approximate surface area is 289 Å². The van der Waals surface area contributed by atoms with Gasteiger partial charge >= 0.3 is 12.5 Å². The summed E-state index contributed by atoms with van der Waals surface area (Å²) in [6, 6.07) is 4.33. The Bertz CT molecular complexity index is 1770. The number of halogens is 5. The molecule has 0 aliphatic heterocycles. The number of aromatic nitrogens is 6. The number of rotatable bonds is 9. The second-order valence-electron chi connectivity index (χ2n) is 15.6. The Morgan fingerprint density at radius 1 is 1.06 bits per heavy atom. The van der Waals surface area contributed by atoms with E-state index in [0.717, 1.165) is 30.7 Å². The van der Waals surface area contributed by atoms with Crippen LogP contribution in [0.15, 0.2) is 30.6 Å². The largest absolute Gasteiger partial charge is 0.524 e. The predicted octanol–water partition coefficient (Wildman–Crippen LogP) is 5.54. The number of H-pyrrole nitrogens is 1. The second kappa shape index (κ2) is 11.3. The molecule has 7 saturated carbocycles. The molecule has 7 aliphatic rings. The van der Waals surface area contributed by atoms with Gasteiger partial charge in [0.1, 0.15) is 12.4 Å². The van der Waals surface area contributed by atoms with E-state index in [0.29, 0.717) is 31.4 Å². The molecule has 18 heteroatoms. The first-order valence-electron chi connectivity index (χ1n) is 16.3. The van der Waals surface area contributed by atoms with Crippen molar-refractivity contribution in [2.75, 3.05) is 6.61 Å². The van der Waals surface area contributed by atoms with Crippen molar-refractivity contribution in [3.63, 3.8) is 0 Å². The number of carbonyl (C=O) groups is 2. The zero-order chi connectivity index (χ0) is 36.0. The molecule has 0 saturated heterocycles. The van der Waals surface area contributed by atoms with Gasteiger partial charge in [0.15, 0.2) is 5.79 Å². The van der Waals surface area contributed by atoms with Crippen LogP contribution < -0.4 is 5.32 Å². The average Bonchev–Trinajstić information content (AvgIpc) is 3.61. The van der Waals surface area contributed by atoms with Crippen molar-refractivity contribution in [1.29, 1.82) is 0 Å². The Hall–Kier alpha value is -3.83. The summed E-state index contributed by atoms with van der Waals surface area (Å²) in [6.07, 6.45) is 3.20. The lowest BCUT2D eigenvalue weighted by molar-refractivity contribution is -0.432. The summed E-state index contributed by atoms with van der Waals surface area (Å²) in [5.41, 5.74) is 1.12. The molecule has 7 fully saturated rings. The molecule has 270 valence electrons. The Balaban J connectivity index is 0.000000184.